The topological polar surface area (TPSA) is 77.4 Å². The van der Waals surface area contributed by atoms with Crippen LogP contribution in [0.1, 0.15) is 0 Å². The second-order valence-electron chi connectivity index (χ2n) is 3.01. The Hall–Kier alpha value is -0.720. The van der Waals surface area contributed by atoms with E-state index in [2.05, 4.69) is 12.5 Å². The highest BCUT2D eigenvalue weighted by Gasteiger charge is 2.05. The molecule has 0 amide bonds. The first-order valence-electron chi connectivity index (χ1n) is 3.97. The minimum atomic E-state index is -3.92. The van der Waals surface area contributed by atoms with Crippen LogP contribution in [0.3, 0.4) is 0 Å². The SMILES string of the molecule is CS(=O)(=O)[O-].C[S+](C)c1ccc(O)cc1. The molecule has 1 aromatic carbocycles. The van der Waals surface area contributed by atoms with Crippen LogP contribution in [0, 0.1) is 0 Å². The predicted octanol–water partition coefficient (Wildman–Crippen LogP) is 0.790. The summed E-state index contributed by atoms with van der Waals surface area (Å²) in [5.41, 5.74) is 0. The van der Waals surface area contributed by atoms with Crippen LogP contribution in [-0.2, 0) is 21.0 Å². The van der Waals surface area contributed by atoms with E-state index in [1.807, 2.05) is 12.1 Å². The van der Waals surface area contributed by atoms with Gasteiger partial charge in [-0.1, -0.05) is 0 Å². The van der Waals surface area contributed by atoms with Crippen LogP contribution in [0.4, 0.5) is 0 Å². The predicted molar refractivity (Wildman–Crippen MR) is 61.2 cm³/mol. The number of aromatic hydroxyl groups is 1. The molecule has 0 radical (unpaired) electrons. The second-order valence-corrected chi connectivity index (χ2v) is 6.53. The van der Waals surface area contributed by atoms with Gasteiger partial charge in [0.05, 0.1) is 10.1 Å². The largest absolute Gasteiger partial charge is 0.748 e. The van der Waals surface area contributed by atoms with Gasteiger partial charge in [0.1, 0.15) is 18.3 Å². The van der Waals surface area contributed by atoms with Crippen molar-refractivity contribution in [1.29, 1.82) is 0 Å². The molecular formula is C9H14O4S2. The van der Waals surface area contributed by atoms with Crippen molar-refractivity contribution in [2.24, 2.45) is 0 Å². The molecule has 6 heteroatoms. The molecule has 15 heavy (non-hydrogen) atoms. The van der Waals surface area contributed by atoms with Crippen LogP contribution < -0.4 is 0 Å². The summed E-state index contributed by atoms with van der Waals surface area (Å²) < 4.78 is 27.2. The molecule has 1 rings (SSSR count). The van der Waals surface area contributed by atoms with Crippen LogP contribution in [0.25, 0.3) is 0 Å². The smallest absolute Gasteiger partial charge is 0.154 e. The normalized spacial score (nSPS) is 10.7. The fraction of sp³-hybridized carbons (Fsp3) is 0.333. The molecule has 0 unspecified atom stereocenters. The first-order valence-corrected chi connectivity index (χ1v) is 7.83. The maximum Gasteiger partial charge on any atom is 0.154 e. The molecule has 0 fully saturated rings. The summed E-state index contributed by atoms with van der Waals surface area (Å²) in [6, 6.07) is 7.36. The molecular weight excluding hydrogens is 236 g/mol. The molecule has 1 aromatic rings. The van der Waals surface area contributed by atoms with Gasteiger partial charge in [0.25, 0.3) is 0 Å². The van der Waals surface area contributed by atoms with Gasteiger partial charge in [-0.15, -0.1) is 0 Å². The Morgan fingerprint density at radius 1 is 1.20 bits per heavy atom. The molecule has 1 N–H and O–H groups in total. The molecule has 0 aliphatic carbocycles. The van der Waals surface area contributed by atoms with Gasteiger partial charge in [-0.25, -0.2) is 8.42 Å². The number of hydrogen-bond donors (Lipinski definition) is 1. The van der Waals surface area contributed by atoms with E-state index in [1.165, 1.54) is 4.90 Å². The molecule has 0 bridgehead atoms. The Morgan fingerprint density at radius 2 is 1.53 bits per heavy atom. The maximum absolute atomic E-state index is 9.08. The van der Waals surface area contributed by atoms with Crippen LogP contribution in [-0.4, -0.2) is 36.8 Å². The number of phenolic OH excluding ortho intramolecular Hbond substituents is 1. The Balaban J connectivity index is 0.000000336. The Morgan fingerprint density at radius 3 is 1.80 bits per heavy atom. The highest BCUT2D eigenvalue weighted by molar-refractivity contribution is 7.95. The van der Waals surface area contributed by atoms with Crippen molar-refractivity contribution >= 4 is 21.0 Å². The lowest BCUT2D eigenvalue weighted by molar-refractivity contribution is 0.470. The van der Waals surface area contributed by atoms with Crippen molar-refractivity contribution in [1.82, 2.24) is 0 Å². The fourth-order valence-corrected chi connectivity index (χ4v) is 1.40. The molecule has 0 saturated heterocycles. The van der Waals surface area contributed by atoms with E-state index in [0.29, 0.717) is 22.9 Å². The maximum atomic E-state index is 9.08. The minimum absolute atomic E-state index is 0.302. The average molecular weight is 250 g/mol. The Labute approximate surface area is 93.0 Å². The fourth-order valence-electron chi connectivity index (χ4n) is 0.718. The highest BCUT2D eigenvalue weighted by Crippen LogP contribution is 2.13. The van der Waals surface area contributed by atoms with Gasteiger partial charge in [0.15, 0.2) is 4.90 Å². The molecule has 0 aliphatic rings. The zero-order valence-electron chi connectivity index (χ0n) is 8.80. The van der Waals surface area contributed by atoms with E-state index in [-0.39, 0.29) is 0 Å². The lowest BCUT2D eigenvalue weighted by Gasteiger charge is -1.94. The quantitative estimate of drug-likeness (QED) is 0.590. The van der Waals surface area contributed by atoms with E-state index in [0.717, 1.165) is 0 Å². The van der Waals surface area contributed by atoms with Gasteiger partial charge >= 0.3 is 0 Å². The third-order valence-corrected chi connectivity index (χ3v) is 2.52. The van der Waals surface area contributed by atoms with Gasteiger partial charge in [-0.2, -0.15) is 0 Å². The lowest BCUT2D eigenvalue weighted by atomic mass is 10.3. The van der Waals surface area contributed by atoms with E-state index in [9.17, 15) is 0 Å². The molecule has 0 aliphatic heterocycles. The van der Waals surface area contributed by atoms with Gasteiger partial charge in [-0.05, 0) is 24.3 Å². The van der Waals surface area contributed by atoms with E-state index >= 15 is 0 Å². The van der Waals surface area contributed by atoms with E-state index in [1.54, 1.807) is 12.1 Å². The average Bonchev–Trinajstić information content (AvgIpc) is 2.01. The number of phenols is 1. The van der Waals surface area contributed by atoms with Gasteiger partial charge in [0, 0.05) is 17.2 Å². The lowest BCUT2D eigenvalue weighted by Crippen LogP contribution is -1.93. The molecule has 0 heterocycles. The zero-order chi connectivity index (χ0) is 12.1. The third-order valence-electron chi connectivity index (χ3n) is 1.31. The summed E-state index contributed by atoms with van der Waals surface area (Å²) >= 11 is 0. The summed E-state index contributed by atoms with van der Waals surface area (Å²) in [6.45, 7) is 0. The molecule has 0 saturated carbocycles. The number of rotatable bonds is 1. The van der Waals surface area contributed by atoms with Crippen LogP contribution >= 0.6 is 0 Å². The summed E-state index contributed by atoms with van der Waals surface area (Å²) in [6.07, 6.45) is 4.92. The second kappa shape index (κ2) is 5.99. The van der Waals surface area contributed by atoms with Crippen molar-refractivity contribution in [3.63, 3.8) is 0 Å². The molecule has 4 nitrogen and oxygen atoms in total. The van der Waals surface area contributed by atoms with Crippen molar-refractivity contribution in [3.8, 4) is 5.75 Å². The number of benzene rings is 1. The van der Waals surface area contributed by atoms with Gasteiger partial charge in [-0.3, -0.25) is 0 Å². The first kappa shape index (κ1) is 14.3. The number of hydrogen-bond acceptors (Lipinski definition) is 4. The van der Waals surface area contributed by atoms with Crippen molar-refractivity contribution in [2.45, 2.75) is 4.90 Å². The van der Waals surface area contributed by atoms with E-state index in [4.69, 9.17) is 18.1 Å². The first-order chi connectivity index (χ1) is 6.70. The van der Waals surface area contributed by atoms with Gasteiger partial charge in [0.2, 0.25) is 0 Å². The summed E-state index contributed by atoms with van der Waals surface area (Å²) in [7, 11) is -3.62. The van der Waals surface area contributed by atoms with Crippen LogP contribution in [0.5, 0.6) is 5.75 Å². The minimum Gasteiger partial charge on any atom is -0.748 e. The molecule has 0 aromatic heterocycles. The molecule has 0 spiro atoms. The standard InChI is InChI=1S/C8H10OS.CH4O3S/c1-10(2)8-5-3-7(9)4-6-8;1-5(2,3)4/h3-6H,1-2H3;1H3,(H,2,3,4). The summed E-state index contributed by atoms with van der Waals surface area (Å²) in [5, 5.41) is 8.94. The monoisotopic (exact) mass is 250 g/mol. The van der Waals surface area contributed by atoms with Crippen LogP contribution in [0.2, 0.25) is 0 Å². The third kappa shape index (κ3) is 9.58. The Kier molecular flexibility index (Phi) is 5.71. The van der Waals surface area contributed by atoms with Gasteiger partial charge < -0.3 is 9.66 Å². The van der Waals surface area contributed by atoms with Crippen molar-refractivity contribution in [3.05, 3.63) is 24.3 Å². The van der Waals surface area contributed by atoms with Crippen molar-refractivity contribution in [2.75, 3.05) is 18.8 Å². The summed E-state index contributed by atoms with van der Waals surface area (Å²) in [5.74, 6) is 0.342. The zero-order valence-corrected chi connectivity index (χ0v) is 10.4. The Bertz CT molecular complexity index is 373. The highest BCUT2D eigenvalue weighted by atomic mass is 32.2. The van der Waals surface area contributed by atoms with Crippen LogP contribution in [0.15, 0.2) is 29.2 Å². The summed E-state index contributed by atoms with van der Waals surface area (Å²) in [4.78, 5) is 1.29. The van der Waals surface area contributed by atoms with Crippen molar-refractivity contribution < 1.29 is 18.1 Å². The molecule has 0 atom stereocenters. The molecule has 86 valence electrons. The van der Waals surface area contributed by atoms with E-state index < -0.39 is 10.1 Å².